The zero-order valence-electron chi connectivity index (χ0n) is 11.2. The maximum atomic E-state index is 11.8. The molecule has 1 aromatic rings. The van der Waals surface area contributed by atoms with Crippen LogP contribution in [0.1, 0.15) is 47.7 Å². The Morgan fingerprint density at radius 3 is 2.83 bits per heavy atom. The second-order valence-electron chi connectivity index (χ2n) is 5.12. The van der Waals surface area contributed by atoms with Crippen molar-refractivity contribution in [3.63, 3.8) is 0 Å². The average molecular weight is 263 g/mol. The first-order valence-corrected chi connectivity index (χ1v) is 7.83. The topological polar surface area (TPSA) is 43.1 Å². The predicted octanol–water partition coefficient (Wildman–Crippen LogP) is 3.21. The van der Waals surface area contributed by atoms with Crippen LogP contribution in [0.15, 0.2) is 17.0 Å². The molecular weight excluding hydrogens is 242 g/mol. The maximum absolute atomic E-state index is 11.8. The summed E-state index contributed by atoms with van der Waals surface area (Å²) in [6, 6.07) is 4.62. The van der Waals surface area contributed by atoms with Crippen molar-refractivity contribution >= 4 is 17.5 Å². The molecule has 0 saturated carbocycles. The molecule has 1 unspecified atom stereocenters. The van der Waals surface area contributed by atoms with Gasteiger partial charge in [0.25, 0.3) is 0 Å². The molecule has 0 saturated heterocycles. The maximum Gasteiger partial charge on any atom is 0.163 e. The molecule has 0 aromatic heterocycles. The van der Waals surface area contributed by atoms with Crippen LogP contribution in [-0.2, 0) is 12.8 Å². The number of ketones is 1. The van der Waals surface area contributed by atoms with Gasteiger partial charge in [-0.15, -0.1) is 11.8 Å². The van der Waals surface area contributed by atoms with Gasteiger partial charge in [0.15, 0.2) is 5.78 Å². The number of carbonyl (C=O) groups is 1. The third-order valence-electron chi connectivity index (χ3n) is 3.52. The van der Waals surface area contributed by atoms with Crippen molar-refractivity contribution < 1.29 is 4.79 Å². The zero-order valence-corrected chi connectivity index (χ0v) is 12.0. The van der Waals surface area contributed by atoms with Crippen LogP contribution in [0.25, 0.3) is 0 Å². The van der Waals surface area contributed by atoms with Crippen LogP contribution in [0.3, 0.4) is 0 Å². The minimum atomic E-state index is 0.265. The van der Waals surface area contributed by atoms with Gasteiger partial charge in [-0.2, -0.15) is 0 Å². The van der Waals surface area contributed by atoms with Crippen molar-refractivity contribution in [1.29, 1.82) is 0 Å². The molecular formula is C15H21NOS. The minimum Gasteiger partial charge on any atom is -0.328 e. The van der Waals surface area contributed by atoms with E-state index in [1.807, 2.05) is 6.92 Å². The molecule has 1 aliphatic carbocycles. The van der Waals surface area contributed by atoms with E-state index in [0.29, 0.717) is 12.2 Å². The largest absolute Gasteiger partial charge is 0.328 e. The highest BCUT2D eigenvalue weighted by atomic mass is 32.2. The molecule has 0 fully saturated rings. The number of Topliss-reactive ketones (excluding diaryl/α,β-unsaturated/α-hetero) is 1. The molecule has 2 rings (SSSR count). The van der Waals surface area contributed by atoms with Gasteiger partial charge in [-0.25, -0.2) is 0 Å². The van der Waals surface area contributed by atoms with Crippen LogP contribution < -0.4 is 5.73 Å². The van der Waals surface area contributed by atoms with E-state index in [0.717, 1.165) is 31.2 Å². The standard InChI is InChI=1S/C15H21NOS/c1-10(16)4-3-5-11-8-13-12(6-7-14(13)17)15(9-11)18-2/h8-10H,3-7,16H2,1-2H3. The lowest BCUT2D eigenvalue weighted by atomic mass is 10.0. The molecule has 0 heterocycles. The molecule has 0 spiro atoms. The number of nitrogens with two attached hydrogens (primary N) is 1. The van der Waals surface area contributed by atoms with Crippen molar-refractivity contribution in [1.82, 2.24) is 0 Å². The Morgan fingerprint density at radius 2 is 2.17 bits per heavy atom. The average Bonchev–Trinajstić information content (AvgIpc) is 2.70. The monoisotopic (exact) mass is 263 g/mol. The van der Waals surface area contributed by atoms with Crippen LogP contribution in [0, 0.1) is 0 Å². The van der Waals surface area contributed by atoms with Crippen molar-refractivity contribution in [2.24, 2.45) is 5.73 Å². The molecule has 18 heavy (non-hydrogen) atoms. The van der Waals surface area contributed by atoms with Crippen molar-refractivity contribution in [2.45, 2.75) is 50.0 Å². The highest BCUT2D eigenvalue weighted by Gasteiger charge is 2.22. The van der Waals surface area contributed by atoms with Gasteiger partial charge in [0.05, 0.1) is 0 Å². The zero-order chi connectivity index (χ0) is 13.1. The number of fused-ring (bicyclic) bond motifs is 1. The van der Waals surface area contributed by atoms with Crippen LogP contribution in [0.5, 0.6) is 0 Å². The molecule has 0 aliphatic heterocycles. The van der Waals surface area contributed by atoms with E-state index >= 15 is 0 Å². The van der Waals surface area contributed by atoms with E-state index < -0.39 is 0 Å². The molecule has 2 N–H and O–H groups in total. The summed E-state index contributed by atoms with van der Waals surface area (Å²) in [6.45, 7) is 2.04. The number of thioether (sulfide) groups is 1. The van der Waals surface area contributed by atoms with Gasteiger partial charge in [-0.1, -0.05) is 0 Å². The van der Waals surface area contributed by atoms with Gasteiger partial charge in [0.2, 0.25) is 0 Å². The van der Waals surface area contributed by atoms with E-state index in [9.17, 15) is 4.79 Å². The van der Waals surface area contributed by atoms with E-state index in [1.54, 1.807) is 11.8 Å². The number of hydrogen-bond donors (Lipinski definition) is 1. The van der Waals surface area contributed by atoms with E-state index in [4.69, 9.17) is 5.73 Å². The Bertz CT molecular complexity index is 454. The lowest BCUT2D eigenvalue weighted by Gasteiger charge is -2.10. The predicted molar refractivity (Wildman–Crippen MR) is 77.5 cm³/mol. The highest BCUT2D eigenvalue weighted by molar-refractivity contribution is 7.98. The first-order valence-electron chi connectivity index (χ1n) is 6.60. The summed E-state index contributed by atoms with van der Waals surface area (Å²) in [5.74, 6) is 0.314. The molecule has 2 nitrogen and oxygen atoms in total. The van der Waals surface area contributed by atoms with Crippen LogP contribution in [-0.4, -0.2) is 18.1 Å². The van der Waals surface area contributed by atoms with Crippen LogP contribution >= 0.6 is 11.8 Å². The van der Waals surface area contributed by atoms with Gasteiger partial charge in [0, 0.05) is 22.9 Å². The summed E-state index contributed by atoms with van der Waals surface area (Å²) in [6.07, 6.45) is 6.86. The molecule has 0 radical (unpaired) electrons. The van der Waals surface area contributed by atoms with Crippen molar-refractivity contribution in [3.8, 4) is 0 Å². The van der Waals surface area contributed by atoms with Crippen LogP contribution in [0.2, 0.25) is 0 Å². The smallest absolute Gasteiger partial charge is 0.163 e. The summed E-state index contributed by atoms with van der Waals surface area (Å²) < 4.78 is 0. The highest BCUT2D eigenvalue weighted by Crippen LogP contribution is 2.32. The van der Waals surface area contributed by atoms with E-state index in [-0.39, 0.29) is 6.04 Å². The number of carbonyl (C=O) groups excluding carboxylic acids is 1. The van der Waals surface area contributed by atoms with Gasteiger partial charge < -0.3 is 5.73 Å². The van der Waals surface area contributed by atoms with Crippen molar-refractivity contribution in [3.05, 3.63) is 28.8 Å². The van der Waals surface area contributed by atoms with Gasteiger partial charge in [-0.3, -0.25) is 4.79 Å². The van der Waals surface area contributed by atoms with E-state index in [2.05, 4.69) is 18.4 Å². The second kappa shape index (κ2) is 5.89. The third-order valence-corrected chi connectivity index (χ3v) is 4.32. The normalized spacial score (nSPS) is 15.8. The fraction of sp³-hybridized carbons (Fsp3) is 0.533. The molecule has 98 valence electrons. The fourth-order valence-corrected chi connectivity index (χ4v) is 3.26. The molecule has 0 bridgehead atoms. The van der Waals surface area contributed by atoms with Crippen LogP contribution in [0.4, 0.5) is 0 Å². The summed E-state index contributed by atoms with van der Waals surface area (Å²) in [4.78, 5) is 13.1. The molecule has 1 aromatic carbocycles. The van der Waals surface area contributed by atoms with Gasteiger partial charge >= 0.3 is 0 Å². The first-order chi connectivity index (χ1) is 8.61. The van der Waals surface area contributed by atoms with Gasteiger partial charge in [0.1, 0.15) is 0 Å². The summed E-state index contributed by atoms with van der Waals surface area (Å²) in [5, 5.41) is 0. The molecule has 1 aliphatic rings. The summed E-state index contributed by atoms with van der Waals surface area (Å²) in [7, 11) is 0. The number of rotatable bonds is 5. The fourth-order valence-electron chi connectivity index (χ4n) is 2.54. The minimum absolute atomic E-state index is 0.265. The number of aryl methyl sites for hydroxylation is 1. The Hall–Kier alpha value is -0.800. The SMILES string of the molecule is CSc1cc(CCCC(C)N)cc2c1CCC2=O. The molecule has 1 atom stereocenters. The summed E-state index contributed by atoms with van der Waals surface area (Å²) >= 11 is 1.75. The summed E-state index contributed by atoms with van der Waals surface area (Å²) in [5.41, 5.74) is 9.29. The Kier molecular flexibility index (Phi) is 4.46. The molecule has 0 amide bonds. The van der Waals surface area contributed by atoms with Crippen molar-refractivity contribution in [2.75, 3.05) is 6.26 Å². The molecule has 3 heteroatoms. The lowest BCUT2D eigenvalue weighted by Crippen LogP contribution is -2.14. The van der Waals surface area contributed by atoms with Gasteiger partial charge in [-0.05, 0) is 62.1 Å². The third kappa shape index (κ3) is 2.96. The Morgan fingerprint density at radius 1 is 1.39 bits per heavy atom. The second-order valence-corrected chi connectivity index (χ2v) is 5.96. The van der Waals surface area contributed by atoms with E-state index in [1.165, 1.54) is 16.0 Å². The Balaban J connectivity index is 2.17. The lowest BCUT2D eigenvalue weighted by molar-refractivity contribution is 0.0994. The first kappa shape index (κ1) is 13.6. The Labute approximate surface area is 113 Å². The number of benzene rings is 1. The quantitative estimate of drug-likeness (QED) is 0.830. The number of hydrogen-bond acceptors (Lipinski definition) is 3.